The van der Waals surface area contributed by atoms with E-state index in [1.54, 1.807) is 19.1 Å². The van der Waals surface area contributed by atoms with Gasteiger partial charge in [-0.2, -0.15) is 0 Å². The molecule has 7 nitrogen and oxygen atoms in total. The highest BCUT2D eigenvalue weighted by atomic mass is 19.1. The number of halogens is 1. The normalized spacial score (nSPS) is 15.8. The molecular formula is C20H23FN3O4+. The van der Waals surface area contributed by atoms with Gasteiger partial charge in [-0.15, -0.1) is 0 Å². The monoisotopic (exact) mass is 388 g/mol. The van der Waals surface area contributed by atoms with E-state index < -0.39 is 4.92 Å². The van der Waals surface area contributed by atoms with E-state index >= 15 is 0 Å². The molecule has 8 heteroatoms. The number of nitrogens with one attached hydrogen (secondary N) is 2. The lowest BCUT2D eigenvalue weighted by molar-refractivity contribution is -0.937. The molecule has 1 aliphatic rings. The van der Waals surface area contributed by atoms with Gasteiger partial charge in [-0.1, -0.05) is 12.1 Å². The zero-order valence-corrected chi connectivity index (χ0v) is 15.6. The summed E-state index contributed by atoms with van der Waals surface area (Å²) < 4.78 is 18.7. The Balaban J connectivity index is 1.73. The van der Waals surface area contributed by atoms with Crippen LogP contribution in [0.2, 0.25) is 0 Å². The molecule has 3 rings (SSSR count). The van der Waals surface area contributed by atoms with Crippen molar-refractivity contribution in [3.63, 3.8) is 0 Å². The largest absolute Gasteiger partial charge is 0.370 e. The molecule has 1 heterocycles. The summed E-state index contributed by atoms with van der Waals surface area (Å²) in [7, 11) is 0. The number of hydrogen-bond acceptors (Lipinski definition) is 4. The Bertz CT molecular complexity index is 851. The molecule has 0 radical (unpaired) electrons. The molecule has 148 valence electrons. The van der Waals surface area contributed by atoms with Gasteiger partial charge in [0.05, 0.1) is 24.7 Å². The zero-order chi connectivity index (χ0) is 20.1. The molecule has 1 aliphatic heterocycles. The Labute approximate surface area is 162 Å². The molecule has 0 saturated carbocycles. The van der Waals surface area contributed by atoms with Crippen molar-refractivity contribution in [1.82, 2.24) is 5.32 Å². The number of aryl methyl sites for hydroxylation is 1. The van der Waals surface area contributed by atoms with Crippen molar-refractivity contribution in [2.45, 2.75) is 13.0 Å². The first-order chi connectivity index (χ1) is 13.5. The SMILES string of the molecule is Cc1cc(C(=O)NC[C@H](c2ccc(F)cc2)[NH+]2CCOCC2)ccc1[N+](=O)[O-]. The first kappa shape index (κ1) is 19.9. The Morgan fingerprint density at radius 2 is 1.93 bits per heavy atom. The fraction of sp³-hybridized carbons (Fsp3) is 0.350. The van der Waals surface area contributed by atoms with Crippen molar-refractivity contribution in [2.75, 3.05) is 32.8 Å². The fourth-order valence-electron chi connectivity index (χ4n) is 3.47. The Kier molecular flexibility index (Phi) is 6.33. The predicted octanol–water partition coefficient (Wildman–Crippen LogP) is 1.43. The number of benzene rings is 2. The fourth-order valence-corrected chi connectivity index (χ4v) is 3.47. The molecule has 0 spiro atoms. The lowest BCUT2D eigenvalue weighted by Gasteiger charge is -2.32. The highest BCUT2D eigenvalue weighted by molar-refractivity contribution is 5.94. The number of morpholine rings is 1. The first-order valence-corrected chi connectivity index (χ1v) is 9.16. The van der Waals surface area contributed by atoms with Crippen LogP contribution in [0.25, 0.3) is 0 Å². The number of ether oxygens (including phenoxy) is 1. The third-order valence-electron chi connectivity index (χ3n) is 5.02. The number of hydrogen-bond donors (Lipinski definition) is 2. The summed E-state index contributed by atoms with van der Waals surface area (Å²) in [6.07, 6.45) is 0. The minimum absolute atomic E-state index is 0.0153. The number of nitrogens with zero attached hydrogens (tertiary/aromatic N) is 1. The minimum Gasteiger partial charge on any atom is -0.370 e. The molecule has 1 saturated heterocycles. The van der Waals surface area contributed by atoms with Gasteiger partial charge in [0, 0.05) is 22.8 Å². The van der Waals surface area contributed by atoms with E-state index in [-0.39, 0.29) is 23.5 Å². The maximum atomic E-state index is 13.3. The van der Waals surface area contributed by atoms with Crippen LogP contribution in [0.5, 0.6) is 0 Å². The maximum absolute atomic E-state index is 13.3. The quantitative estimate of drug-likeness (QED) is 0.579. The summed E-state index contributed by atoms with van der Waals surface area (Å²) in [5, 5.41) is 13.9. The highest BCUT2D eigenvalue weighted by Crippen LogP contribution is 2.19. The first-order valence-electron chi connectivity index (χ1n) is 9.16. The topological polar surface area (TPSA) is 85.9 Å². The Morgan fingerprint density at radius 3 is 2.54 bits per heavy atom. The van der Waals surface area contributed by atoms with Crippen LogP contribution in [0.1, 0.15) is 27.5 Å². The molecule has 1 fully saturated rings. The van der Waals surface area contributed by atoms with E-state index in [4.69, 9.17) is 4.74 Å². The standard InChI is InChI=1S/C20H22FN3O4/c1-14-12-16(4-7-18(14)24(26)27)20(25)22-13-19(23-8-10-28-11-9-23)15-2-5-17(21)6-3-15/h2-7,12,19H,8-11,13H2,1H3,(H,22,25)/p+1/t19-/m1/s1. The van der Waals surface area contributed by atoms with E-state index in [1.165, 1.54) is 35.2 Å². The summed E-state index contributed by atoms with van der Waals surface area (Å²) in [5.41, 5.74) is 1.74. The smallest absolute Gasteiger partial charge is 0.272 e. The molecule has 0 bridgehead atoms. The van der Waals surface area contributed by atoms with Crippen LogP contribution < -0.4 is 10.2 Å². The van der Waals surface area contributed by atoms with Crippen molar-refractivity contribution < 1.29 is 23.7 Å². The number of rotatable bonds is 6. The van der Waals surface area contributed by atoms with Gasteiger partial charge in [-0.3, -0.25) is 14.9 Å². The number of carbonyl (C=O) groups excluding carboxylic acids is 1. The molecular weight excluding hydrogens is 365 g/mol. The van der Waals surface area contributed by atoms with Crippen LogP contribution in [-0.2, 0) is 4.74 Å². The van der Waals surface area contributed by atoms with Crippen LogP contribution >= 0.6 is 0 Å². The minimum atomic E-state index is -0.469. The van der Waals surface area contributed by atoms with Gasteiger partial charge in [0.15, 0.2) is 0 Å². The molecule has 0 aromatic heterocycles. The molecule has 0 unspecified atom stereocenters. The van der Waals surface area contributed by atoms with Gasteiger partial charge in [0.25, 0.3) is 11.6 Å². The van der Waals surface area contributed by atoms with Crippen LogP contribution in [-0.4, -0.2) is 43.7 Å². The van der Waals surface area contributed by atoms with E-state index in [2.05, 4.69) is 5.32 Å². The van der Waals surface area contributed by atoms with Gasteiger partial charge in [-0.05, 0) is 31.2 Å². The zero-order valence-electron chi connectivity index (χ0n) is 15.6. The van der Waals surface area contributed by atoms with E-state index in [9.17, 15) is 19.3 Å². The second-order valence-electron chi connectivity index (χ2n) is 6.84. The number of nitro groups is 1. The Morgan fingerprint density at radius 1 is 1.25 bits per heavy atom. The Hall–Kier alpha value is -2.84. The molecule has 2 aromatic rings. The van der Waals surface area contributed by atoms with Gasteiger partial charge in [-0.25, -0.2) is 4.39 Å². The van der Waals surface area contributed by atoms with E-state index in [0.717, 1.165) is 18.7 Å². The van der Waals surface area contributed by atoms with Crippen LogP contribution in [0.4, 0.5) is 10.1 Å². The van der Waals surface area contributed by atoms with Gasteiger partial charge in [0.2, 0.25) is 0 Å². The van der Waals surface area contributed by atoms with Crippen LogP contribution in [0, 0.1) is 22.9 Å². The summed E-state index contributed by atoms with van der Waals surface area (Å²) in [6, 6.07) is 10.6. The average Bonchev–Trinajstić information content (AvgIpc) is 2.69. The summed E-state index contributed by atoms with van der Waals surface area (Å²) in [4.78, 5) is 24.3. The summed E-state index contributed by atoms with van der Waals surface area (Å²) in [6.45, 7) is 4.86. The number of nitro benzene ring substituents is 1. The highest BCUT2D eigenvalue weighted by Gasteiger charge is 2.27. The van der Waals surface area contributed by atoms with Crippen molar-refractivity contribution in [3.05, 3.63) is 75.1 Å². The van der Waals surface area contributed by atoms with Crippen molar-refractivity contribution in [2.24, 2.45) is 0 Å². The third kappa shape index (κ3) is 4.71. The number of amides is 1. The van der Waals surface area contributed by atoms with Crippen LogP contribution in [0.15, 0.2) is 42.5 Å². The molecule has 0 aliphatic carbocycles. The molecule has 2 aromatic carbocycles. The van der Waals surface area contributed by atoms with Crippen molar-refractivity contribution in [1.29, 1.82) is 0 Å². The van der Waals surface area contributed by atoms with E-state index in [0.29, 0.717) is 30.9 Å². The van der Waals surface area contributed by atoms with Gasteiger partial charge >= 0.3 is 0 Å². The predicted molar refractivity (Wildman–Crippen MR) is 101 cm³/mol. The van der Waals surface area contributed by atoms with Gasteiger partial charge < -0.3 is 15.0 Å². The third-order valence-corrected chi connectivity index (χ3v) is 5.02. The molecule has 1 amide bonds. The van der Waals surface area contributed by atoms with Crippen molar-refractivity contribution >= 4 is 11.6 Å². The average molecular weight is 388 g/mol. The lowest BCUT2D eigenvalue weighted by atomic mass is 10.0. The molecule has 28 heavy (non-hydrogen) atoms. The lowest BCUT2D eigenvalue weighted by Crippen LogP contribution is -3.15. The number of quaternary nitrogens is 1. The van der Waals surface area contributed by atoms with Crippen molar-refractivity contribution in [3.8, 4) is 0 Å². The summed E-state index contributed by atoms with van der Waals surface area (Å²) in [5.74, 6) is -0.595. The second-order valence-corrected chi connectivity index (χ2v) is 6.84. The van der Waals surface area contributed by atoms with Gasteiger partial charge in [0.1, 0.15) is 24.9 Å². The molecule has 1 atom stereocenters. The van der Waals surface area contributed by atoms with E-state index in [1.807, 2.05) is 0 Å². The second kappa shape index (κ2) is 8.90. The number of carbonyl (C=O) groups is 1. The summed E-state index contributed by atoms with van der Waals surface area (Å²) >= 11 is 0. The molecule has 2 N–H and O–H groups in total. The maximum Gasteiger partial charge on any atom is 0.272 e. The van der Waals surface area contributed by atoms with Crippen LogP contribution in [0.3, 0.4) is 0 Å².